The number of rotatable bonds is 6. The Hall–Kier alpha value is -0.530. The zero-order chi connectivity index (χ0) is 12.7. The molecular formula is C15H28O2. The smallest absolute Gasteiger partial charge is 0.306 e. The van der Waals surface area contributed by atoms with E-state index in [1.54, 1.807) is 0 Å². The van der Waals surface area contributed by atoms with E-state index in [9.17, 15) is 4.79 Å². The fraction of sp³-hybridized carbons (Fsp3) is 0.933. The van der Waals surface area contributed by atoms with Crippen molar-refractivity contribution in [2.75, 3.05) is 0 Å². The number of hydrogen-bond acceptors (Lipinski definition) is 2. The second-order valence-electron chi connectivity index (χ2n) is 5.68. The fourth-order valence-electron chi connectivity index (χ4n) is 2.78. The molecule has 1 saturated carbocycles. The van der Waals surface area contributed by atoms with Crippen molar-refractivity contribution < 1.29 is 9.53 Å². The number of ether oxygens (including phenoxy) is 1. The lowest BCUT2D eigenvalue weighted by molar-refractivity contribution is -0.154. The molecule has 0 aromatic rings. The Morgan fingerprint density at radius 3 is 2.59 bits per heavy atom. The summed E-state index contributed by atoms with van der Waals surface area (Å²) in [4.78, 5) is 11.7. The molecule has 0 aliphatic heterocycles. The Kier molecular flexibility index (Phi) is 6.61. The first kappa shape index (κ1) is 14.5. The van der Waals surface area contributed by atoms with Crippen LogP contribution in [0.2, 0.25) is 0 Å². The molecule has 2 atom stereocenters. The summed E-state index contributed by atoms with van der Waals surface area (Å²) < 4.78 is 5.67. The molecule has 0 radical (unpaired) electrons. The SMILES string of the molecule is CCCCCC(=O)OC1CCCCC1C(C)C. The molecule has 0 aromatic carbocycles. The highest BCUT2D eigenvalue weighted by Crippen LogP contribution is 2.32. The first-order valence-corrected chi connectivity index (χ1v) is 7.34. The van der Waals surface area contributed by atoms with Gasteiger partial charge in [-0.25, -0.2) is 0 Å². The van der Waals surface area contributed by atoms with Crippen LogP contribution in [-0.2, 0) is 9.53 Å². The van der Waals surface area contributed by atoms with Crippen molar-refractivity contribution in [2.45, 2.75) is 78.2 Å². The van der Waals surface area contributed by atoms with Crippen molar-refractivity contribution in [3.05, 3.63) is 0 Å². The Morgan fingerprint density at radius 1 is 1.24 bits per heavy atom. The largest absolute Gasteiger partial charge is 0.462 e. The lowest BCUT2D eigenvalue weighted by Gasteiger charge is -2.33. The average Bonchev–Trinajstić information content (AvgIpc) is 2.29. The third-order valence-electron chi connectivity index (χ3n) is 3.88. The van der Waals surface area contributed by atoms with Gasteiger partial charge in [0.1, 0.15) is 6.10 Å². The van der Waals surface area contributed by atoms with Crippen LogP contribution in [0.5, 0.6) is 0 Å². The van der Waals surface area contributed by atoms with Crippen LogP contribution in [-0.4, -0.2) is 12.1 Å². The summed E-state index contributed by atoms with van der Waals surface area (Å²) in [5.41, 5.74) is 0. The minimum atomic E-state index is 0.0241. The molecule has 1 fully saturated rings. The first-order chi connectivity index (χ1) is 8.15. The zero-order valence-electron chi connectivity index (χ0n) is 11.7. The van der Waals surface area contributed by atoms with Gasteiger partial charge in [-0.3, -0.25) is 4.79 Å². The lowest BCUT2D eigenvalue weighted by Crippen LogP contribution is -2.33. The molecule has 0 N–H and O–H groups in total. The van der Waals surface area contributed by atoms with Crippen molar-refractivity contribution in [1.29, 1.82) is 0 Å². The normalized spacial score (nSPS) is 24.9. The second kappa shape index (κ2) is 7.73. The van der Waals surface area contributed by atoms with Crippen LogP contribution >= 0.6 is 0 Å². The van der Waals surface area contributed by atoms with Gasteiger partial charge >= 0.3 is 5.97 Å². The maximum absolute atomic E-state index is 11.7. The number of unbranched alkanes of at least 4 members (excludes halogenated alkanes) is 2. The molecule has 0 spiro atoms. The van der Waals surface area contributed by atoms with Crippen molar-refractivity contribution in [3.63, 3.8) is 0 Å². The van der Waals surface area contributed by atoms with Crippen LogP contribution in [0.3, 0.4) is 0 Å². The van der Waals surface area contributed by atoms with Crippen LogP contribution in [0.25, 0.3) is 0 Å². The molecular weight excluding hydrogens is 212 g/mol. The van der Waals surface area contributed by atoms with E-state index in [1.807, 2.05) is 0 Å². The Labute approximate surface area is 106 Å². The summed E-state index contributed by atoms with van der Waals surface area (Å²) in [7, 11) is 0. The van der Waals surface area contributed by atoms with Crippen molar-refractivity contribution in [3.8, 4) is 0 Å². The maximum atomic E-state index is 11.7. The predicted molar refractivity (Wildman–Crippen MR) is 70.8 cm³/mol. The van der Waals surface area contributed by atoms with E-state index in [0.29, 0.717) is 18.3 Å². The lowest BCUT2D eigenvalue weighted by atomic mass is 9.79. The minimum absolute atomic E-state index is 0.0241. The molecule has 2 unspecified atom stereocenters. The van der Waals surface area contributed by atoms with Crippen LogP contribution in [0.4, 0.5) is 0 Å². The molecule has 0 bridgehead atoms. The van der Waals surface area contributed by atoms with Crippen molar-refractivity contribution in [1.82, 2.24) is 0 Å². The summed E-state index contributed by atoms with van der Waals surface area (Å²) in [6.07, 6.45) is 8.88. The highest BCUT2D eigenvalue weighted by atomic mass is 16.5. The van der Waals surface area contributed by atoms with E-state index in [0.717, 1.165) is 25.7 Å². The van der Waals surface area contributed by atoms with Gasteiger partial charge in [0.25, 0.3) is 0 Å². The molecule has 1 aliphatic rings. The van der Waals surface area contributed by atoms with Gasteiger partial charge in [-0.1, -0.05) is 40.0 Å². The first-order valence-electron chi connectivity index (χ1n) is 7.34. The molecule has 2 heteroatoms. The van der Waals surface area contributed by atoms with E-state index >= 15 is 0 Å². The quantitative estimate of drug-likeness (QED) is 0.510. The Morgan fingerprint density at radius 2 is 1.94 bits per heavy atom. The molecule has 0 heterocycles. The zero-order valence-corrected chi connectivity index (χ0v) is 11.7. The maximum Gasteiger partial charge on any atom is 0.306 e. The molecule has 17 heavy (non-hydrogen) atoms. The van der Waals surface area contributed by atoms with E-state index in [-0.39, 0.29) is 12.1 Å². The monoisotopic (exact) mass is 240 g/mol. The molecule has 1 rings (SSSR count). The summed E-state index contributed by atoms with van der Waals surface area (Å²) in [6.45, 7) is 6.64. The van der Waals surface area contributed by atoms with E-state index in [2.05, 4.69) is 20.8 Å². The van der Waals surface area contributed by atoms with Gasteiger partial charge in [0.15, 0.2) is 0 Å². The Balaban J connectivity index is 2.34. The van der Waals surface area contributed by atoms with Gasteiger partial charge in [-0.05, 0) is 37.5 Å². The fourth-order valence-corrected chi connectivity index (χ4v) is 2.78. The van der Waals surface area contributed by atoms with Crippen LogP contribution in [0.15, 0.2) is 0 Å². The van der Waals surface area contributed by atoms with E-state index in [1.165, 1.54) is 19.3 Å². The summed E-state index contributed by atoms with van der Waals surface area (Å²) in [5, 5.41) is 0. The minimum Gasteiger partial charge on any atom is -0.462 e. The van der Waals surface area contributed by atoms with Crippen LogP contribution in [0, 0.1) is 11.8 Å². The summed E-state index contributed by atoms with van der Waals surface area (Å²) in [6, 6.07) is 0. The highest BCUT2D eigenvalue weighted by molar-refractivity contribution is 5.69. The van der Waals surface area contributed by atoms with Gasteiger partial charge in [0.05, 0.1) is 0 Å². The molecule has 2 nitrogen and oxygen atoms in total. The molecule has 0 saturated heterocycles. The van der Waals surface area contributed by atoms with Gasteiger partial charge in [-0.15, -0.1) is 0 Å². The molecule has 0 aromatic heterocycles. The Bertz CT molecular complexity index is 223. The number of carbonyl (C=O) groups is 1. The number of hydrogen-bond donors (Lipinski definition) is 0. The standard InChI is InChI=1S/C15H28O2/c1-4-5-6-11-15(16)17-14-10-8-7-9-13(14)12(2)3/h12-14H,4-11H2,1-3H3. The summed E-state index contributed by atoms with van der Waals surface area (Å²) >= 11 is 0. The van der Waals surface area contributed by atoms with Crippen LogP contribution < -0.4 is 0 Å². The predicted octanol–water partition coefficient (Wildman–Crippen LogP) is 4.32. The molecule has 0 amide bonds. The molecule has 100 valence electrons. The van der Waals surface area contributed by atoms with Gasteiger partial charge < -0.3 is 4.74 Å². The number of esters is 1. The van der Waals surface area contributed by atoms with Crippen LogP contribution in [0.1, 0.15) is 72.1 Å². The third-order valence-corrected chi connectivity index (χ3v) is 3.88. The topological polar surface area (TPSA) is 26.3 Å². The van der Waals surface area contributed by atoms with Gasteiger partial charge in [0, 0.05) is 6.42 Å². The molecule has 1 aliphatic carbocycles. The van der Waals surface area contributed by atoms with E-state index in [4.69, 9.17) is 4.74 Å². The van der Waals surface area contributed by atoms with Crippen molar-refractivity contribution in [2.24, 2.45) is 11.8 Å². The summed E-state index contributed by atoms with van der Waals surface area (Å²) in [5.74, 6) is 1.23. The average molecular weight is 240 g/mol. The van der Waals surface area contributed by atoms with Gasteiger partial charge in [0.2, 0.25) is 0 Å². The van der Waals surface area contributed by atoms with Crippen molar-refractivity contribution >= 4 is 5.97 Å². The highest BCUT2D eigenvalue weighted by Gasteiger charge is 2.30. The number of carbonyl (C=O) groups excluding carboxylic acids is 1. The third kappa shape index (κ3) is 5.10. The second-order valence-corrected chi connectivity index (χ2v) is 5.68. The van der Waals surface area contributed by atoms with Gasteiger partial charge in [-0.2, -0.15) is 0 Å². The van der Waals surface area contributed by atoms with E-state index < -0.39 is 0 Å².